The van der Waals surface area contributed by atoms with Crippen LogP contribution in [0.5, 0.6) is 0 Å². The van der Waals surface area contributed by atoms with Crippen molar-refractivity contribution in [2.24, 2.45) is 0 Å². The van der Waals surface area contributed by atoms with Gasteiger partial charge in [0.2, 0.25) is 0 Å². The largest absolute Gasteiger partial charge is 0.192 e. The molecule has 7 rings (SSSR count). The quantitative estimate of drug-likeness (QED) is 0.0500. The lowest BCUT2D eigenvalue weighted by atomic mass is 9.69. The van der Waals surface area contributed by atoms with Crippen LogP contribution >= 0.6 is 31.9 Å². The molecular weight excluding hydrogens is 900 g/mol. The summed E-state index contributed by atoms with van der Waals surface area (Å²) in [6, 6.07) is 30.8. The highest BCUT2D eigenvalue weighted by molar-refractivity contribution is 9.10. The van der Waals surface area contributed by atoms with Crippen molar-refractivity contribution in [2.75, 3.05) is 0 Å². The number of nitrogens with zero attached hydrogens (tertiary/aromatic N) is 4. The van der Waals surface area contributed by atoms with Crippen LogP contribution in [-0.2, 0) is 5.41 Å². The Labute approximate surface area is 394 Å². The lowest BCUT2D eigenvalue weighted by Gasteiger charge is -2.33. The van der Waals surface area contributed by atoms with Crippen molar-refractivity contribution in [3.05, 3.63) is 114 Å². The summed E-state index contributed by atoms with van der Waals surface area (Å²) in [6.07, 6.45) is 27.7. The van der Waals surface area contributed by atoms with Crippen molar-refractivity contribution in [1.82, 2.24) is 0 Å². The van der Waals surface area contributed by atoms with Crippen molar-refractivity contribution in [3.8, 4) is 57.7 Å². The molecule has 0 aliphatic heterocycles. The molecule has 4 aromatic carbocycles. The Hall–Kier alpha value is -4.72. The summed E-state index contributed by atoms with van der Waals surface area (Å²) in [5, 5.41) is 41.3. The summed E-state index contributed by atoms with van der Waals surface area (Å²) >= 11 is 7.37. The van der Waals surface area contributed by atoms with Crippen molar-refractivity contribution in [1.29, 1.82) is 21.0 Å². The maximum absolute atomic E-state index is 10.3. The lowest BCUT2D eigenvalue weighted by Crippen LogP contribution is -2.26. The van der Waals surface area contributed by atoms with Crippen LogP contribution in [-0.4, -0.2) is 0 Å². The van der Waals surface area contributed by atoms with E-state index in [2.05, 4.69) is 119 Å². The molecule has 63 heavy (non-hydrogen) atoms. The monoisotopic (exact) mass is 958 g/mol. The number of halogens is 2. The zero-order valence-corrected chi connectivity index (χ0v) is 40.5. The molecule has 0 spiro atoms. The highest BCUT2D eigenvalue weighted by Gasteiger charge is 2.45. The molecule has 0 amide bonds. The SMILES string of the molecule is CCCCCCCCCCCCC1(CCCCCCCCCCCC)c2cc3c(cc2-c2cc4c(cc21)-c1ccc(Br)cc1C4=C(C#N)C#N)C(=C(C#N)C#N)c1cc(Br)ccc1-3. The molecule has 0 bridgehead atoms. The van der Waals surface area contributed by atoms with Crippen LogP contribution < -0.4 is 0 Å². The smallest absolute Gasteiger partial charge is 0.138 e. The fourth-order valence-electron chi connectivity index (χ4n) is 11.0. The summed E-state index contributed by atoms with van der Waals surface area (Å²) in [5.74, 6) is 0. The first-order chi connectivity index (χ1) is 30.8. The second-order valence-corrected chi connectivity index (χ2v) is 20.0. The molecule has 0 atom stereocenters. The Bertz CT molecular complexity index is 2370. The zero-order chi connectivity index (χ0) is 44.3. The molecule has 0 radical (unpaired) electrons. The summed E-state index contributed by atoms with van der Waals surface area (Å²) in [5.41, 5.74) is 14.2. The van der Waals surface area contributed by atoms with Crippen LogP contribution in [0.3, 0.4) is 0 Å². The molecule has 4 nitrogen and oxygen atoms in total. The van der Waals surface area contributed by atoms with Crippen LogP contribution in [0, 0.1) is 45.3 Å². The predicted molar refractivity (Wildman–Crippen MR) is 266 cm³/mol. The van der Waals surface area contributed by atoms with Crippen LogP contribution in [0.25, 0.3) is 44.5 Å². The van der Waals surface area contributed by atoms with Gasteiger partial charge in [-0.05, 0) is 128 Å². The molecule has 0 saturated heterocycles. The second kappa shape index (κ2) is 21.8. The van der Waals surface area contributed by atoms with E-state index in [1.54, 1.807) is 0 Å². The maximum atomic E-state index is 10.3. The average Bonchev–Trinajstić information content (AvgIpc) is 3.86. The van der Waals surface area contributed by atoms with E-state index in [1.165, 1.54) is 127 Å². The minimum atomic E-state index is -0.250. The highest BCUT2D eigenvalue weighted by atomic mass is 79.9. The molecule has 3 aliphatic rings. The van der Waals surface area contributed by atoms with Crippen molar-refractivity contribution >= 4 is 43.0 Å². The summed E-state index contributed by atoms with van der Waals surface area (Å²) in [6.45, 7) is 4.56. The number of allylic oxidation sites excluding steroid dienone is 2. The van der Waals surface area contributed by atoms with Crippen LogP contribution in [0.2, 0.25) is 0 Å². The van der Waals surface area contributed by atoms with Crippen molar-refractivity contribution < 1.29 is 0 Å². The van der Waals surface area contributed by atoms with Gasteiger partial charge in [-0.3, -0.25) is 0 Å². The van der Waals surface area contributed by atoms with Gasteiger partial charge in [0.15, 0.2) is 0 Å². The topological polar surface area (TPSA) is 95.2 Å². The minimum Gasteiger partial charge on any atom is -0.192 e. The number of hydrogen-bond donors (Lipinski definition) is 0. The average molecular weight is 961 g/mol. The normalized spacial score (nSPS) is 13.2. The Morgan fingerprint density at radius 3 is 1.03 bits per heavy atom. The molecule has 0 unspecified atom stereocenters. The third-order valence-corrected chi connectivity index (χ3v) is 15.1. The number of rotatable bonds is 22. The Kier molecular flexibility index (Phi) is 16.0. The van der Waals surface area contributed by atoms with E-state index in [0.29, 0.717) is 11.1 Å². The van der Waals surface area contributed by atoms with Gasteiger partial charge in [0.1, 0.15) is 35.4 Å². The van der Waals surface area contributed by atoms with Crippen LogP contribution in [0.1, 0.15) is 188 Å². The Morgan fingerprint density at radius 1 is 0.381 bits per heavy atom. The predicted octanol–water partition coefficient (Wildman–Crippen LogP) is 17.8. The molecule has 4 aromatic rings. The van der Waals surface area contributed by atoms with Crippen molar-refractivity contribution in [2.45, 2.75) is 161 Å². The first-order valence-electron chi connectivity index (χ1n) is 23.9. The van der Waals surface area contributed by atoms with E-state index in [0.717, 1.165) is 90.3 Å². The third-order valence-electron chi connectivity index (χ3n) is 14.1. The van der Waals surface area contributed by atoms with E-state index in [1.807, 2.05) is 12.1 Å². The molecule has 3 aliphatic carbocycles. The minimum absolute atomic E-state index is 0.112. The standard InChI is InChI=1S/C57H60Br2N4/c1-3-5-7-9-11-13-15-17-19-21-27-57(28-22-20-18-16-14-12-10-8-6-4-2)53-33-45-43-25-23-41(58)29-49(43)55(39(35-60)36-61)51(45)31-47(53)48-32-52-46(34-54(48)57)44-26-24-42(59)30-50(44)56(52)40(37-62)38-63/h23-26,29-34H,3-22,27-28H2,1-2H3. The number of unbranched alkanes of at least 4 members (excludes halogenated alkanes) is 18. The molecule has 0 N–H and O–H groups in total. The molecule has 6 heteroatoms. The first-order valence-corrected chi connectivity index (χ1v) is 25.5. The number of hydrogen-bond acceptors (Lipinski definition) is 4. The molecule has 322 valence electrons. The van der Waals surface area contributed by atoms with E-state index in [9.17, 15) is 21.0 Å². The van der Waals surface area contributed by atoms with Gasteiger partial charge in [-0.2, -0.15) is 21.0 Å². The molecule has 0 fully saturated rings. The van der Waals surface area contributed by atoms with Gasteiger partial charge < -0.3 is 0 Å². The summed E-state index contributed by atoms with van der Waals surface area (Å²) in [4.78, 5) is 0. The number of benzene rings is 4. The van der Waals surface area contributed by atoms with Gasteiger partial charge in [-0.25, -0.2) is 0 Å². The molecule has 0 saturated carbocycles. The maximum Gasteiger partial charge on any atom is 0.138 e. The van der Waals surface area contributed by atoms with Crippen LogP contribution in [0.15, 0.2) is 80.8 Å². The first kappa shape index (κ1) is 46.3. The van der Waals surface area contributed by atoms with E-state index < -0.39 is 0 Å². The number of nitriles is 4. The third kappa shape index (κ3) is 9.56. The fourth-order valence-corrected chi connectivity index (χ4v) is 11.7. The van der Waals surface area contributed by atoms with Gasteiger partial charge in [-0.15, -0.1) is 0 Å². The van der Waals surface area contributed by atoms with E-state index >= 15 is 0 Å². The van der Waals surface area contributed by atoms with Gasteiger partial charge in [-0.1, -0.05) is 186 Å². The molecular formula is C57H60Br2N4. The van der Waals surface area contributed by atoms with E-state index in [-0.39, 0.29) is 16.6 Å². The Morgan fingerprint density at radius 2 is 0.698 bits per heavy atom. The number of fused-ring (bicyclic) bond motifs is 9. The van der Waals surface area contributed by atoms with E-state index in [4.69, 9.17) is 0 Å². The van der Waals surface area contributed by atoms with Gasteiger partial charge in [0.25, 0.3) is 0 Å². The van der Waals surface area contributed by atoms with Crippen molar-refractivity contribution in [3.63, 3.8) is 0 Å². The van der Waals surface area contributed by atoms with Gasteiger partial charge in [0, 0.05) is 25.5 Å². The molecule has 0 heterocycles. The fraction of sp³-hybridized carbons (Fsp3) is 0.439. The second-order valence-electron chi connectivity index (χ2n) is 18.2. The van der Waals surface area contributed by atoms with Crippen LogP contribution in [0.4, 0.5) is 0 Å². The molecule has 0 aromatic heterocycles. The van der Waals surface area contributed by atoms with Gasteiger partial charge >= 0.3 is 0 Å². The van der Waals surface area contributed by atoms with Gasteiger partial charge in [0.05, 0.1) is 0 Å². The lowest BCUT2D eigenvalue weighted by molar-refractivity contribution is 0.397. The highest BCUT2D eigenvalue weighted by Crippen LogP contribution is 2.61. The zero-order valence-electron chi connectivity index (χ0n) is 37.4. The Balaban J connectivity index is 1.34. The summed E-state index contributed by atoms with van der Waals surface area (Å²) < 4.78 is 1.81. The summed E-state index contributed by atoms with van der Waals surface area (Å²) in [7, 11) is 0.